The number of halogens is 1. The molecule has 2 aromatic rings. The summed E-state index contributed by atoms with van der Waals surface area (Å²) in [6.45, 7) is 4.52. The molecule has 1 heterocycles. The first-order valence-electron chi connectivity index (χ1n) is 5.14. The first kappa shape index (κ1) is 11.2. The second kappa shape index (κ2) is 4.28. The number of nitrogens with one attached hydrogen (secondary N) is 1. The van der Waals surface area contributed by atoms with E-state index in [1.807, 2.05) is 6.07 Å². The minimum absolute atomic E-state index is 0.366. The van der Waals surface area contributed by atoms with E-state index in [0.29, 0.717) is 17.5 Å². The van der Waals surface area contributed by atoms with Gasteiger partial charge in [0.25, 0.3) is 0 Å². The maximum absolute atomic E-state index is 6.08. The molecule has 0 radical (unpaired) electrons. The molecule has 1 aromatic heterocycles. The fraction of sp³-hybridized carbons (Fsp3) is 0.250. The van der Waals surface area contributed by atoms with Crippen molar-refractivity contribution >= 4 is 11.6 Å². The van der Waals surface area contributed by atoms with Crippen LogP contribution in [0.15, 0.2) is 18.2 Å². The number of imidazole rings is 1. The molecule has 0 unspecified atom stereocenters. The summed E-state index contributed by atoms with van der Waals surface area (Å²) in [4.78, 5) is 7.31. The second-order valence-corrected chi connectivity index (χ2v) is 4.23. The van der Waals surface area contributed by atoms with E-state index in [-0.39, 0.29) is 0 Å². The Morgan fingerprint density at radius 2 is 2.06 bits per heavy atom. The zero-order chi connectivity index (χ0) is 11.7. The highest BCUT2D eigenvalue weighted by atomic mass is 35.5. The number of nitrogens with two attached hydrogens (primary N) is 1. The predicted octanol–water partition coefficient (Wildman–Crippen LogP) is 2.81. The zero-order valence-corrected chi connectivity index (χ0v) is 10.1. The van der Waals surface area contributed by atoms with Crippen LogP contribution < -0.4 is 5.73 Å². The number of rotatable bonds is 2. The third-order valence-electron chi connectivity index (χ3n) is 2.68. The van der Waals surface area contributed by atoms with Crippen molar-refractivity contribution in [2.24, 2.45) is 5.73 Å². The first-order valence-corrected chi connectivity index (χ1v) is 5.51. The van der Waals surface area contributed by atoms with Crippen molar-refractivity contribution in [1.82, 2.24) is 9.97 Å². The minimum atomic E-state index is 0.366. The van der Waals surface area contributed by atoms with E-state index in [4.69, 9.17) is 17.3 Å². The van der Waals surface area contributed by atoms with Crippen molar-refractivity contribution in [1.29, 1.82) is 0 Å². The summed E-state index contributed by atoms with van der Waals surface area (Å²) in [5.74, 6) is 0.707. The lowest BCUT2D eigenvalue weighted by Crippen LogP contribution is -1.97. The topological polar surface area (TPSA) is 54.7 Å². The normalized spacial score (nSPS) is 10.8. The Morgan fingerprint density at radius 1 is 1.31 bits per heavy atom. The summed E-state index contributed by atoms with van der Waals surface area (Å²) in [6.07, 6.45) is 0. The SMILES string of the molecule is Cc1ccc(-c2nc(CN)[nH]c2Cl)cc1C. The van der Waals surface area contributed by atoms with Crippen LogP contribution in [0.3, 0.4) is 0 Å². The lowest BCUT2D eigenvalue weighted by Gasteiger charge is -2.02. The number of aromatic amines is 1. The van der Waals surface area contributed by atoms with Crippen molar-refractivity contribution in [2.75, 3.05) is 0 Å². The van der Waals surface area contributed by atoms with Crippen molar-refractivity contribution < 1.29 is 0 Å². The number of hydrogen-bond acceptors (Lipinski definition) is 2. The molecule has 0 aliphatic rings. The number of aromatic nitrogens is 2. The monoisotopic (exact) mass is 235 g/mol. The molecule has 84 valence electrons. The van der Waals surface area contributed by atoms with E-state index in [0.717, 1.165) is 11.3 Å². The van der Waals surface area contributed by atoms with Crippen molar-refractivity contribution in [3.8, 4) is 11.3 Å². The van der Waals surface area contributed by atoms with E-state index in [1.165, 1.54) is 11.1 Å². The van der Waals surface area contributed by atoms with Gasteiger partial charge in [-0.25, -0.2) is 4.98 Å². The minimum Gasteiger partial charge on any atom is -0.331 e. The molecule has 0 saturated heterocycles. The highest BCUT2D eigenvalue weighted by Gasteiger charge is 2.10. The van der Waals surface area contributed by atoms with Gasteiger partial charge in [0.05, 0.1) is 6.54 Å². The number of aryl methyl sites for hydroxylation is 2. The molecule has 16 heavy (non-hydrogen) atoms. The predicted molar refractivity (Wildman–Crippen MR) is 66.4 cm³/mol. The quantitative estimate of drug-likeness (QED) is 0.841. The fourth-order valence-corrected chi connectivity index (χ4v) is 1.83. The van der Waals surface area contributed by atoms with Crippen LogP contribution in [0.4, 0.5) is 0 Å². The van der Waals surface area contributed by atoms with Crippen LogP contribution in [0.2, 0.25) is 5.15 Å². The van der Waals surface area contributed by atoms with Gasteiger partial charge in [-0.3, -0.25) is 0 Å². The van der Waals surface area contributed by atoms with Crippen LogP contribution in [-0.2, 0) is 6.54 Å². The highest BCUT2D eigenvalue weighted by Crippen LogP contribution is 2.26. The van der Waals surface area contributed by atoms with Crippen LogP contribution in [0, 0.1) is 13.8 Å². The zero-order valence-electron chi connectivity index (χ0n) is 9.34. The maximum atomic E-state index is 6.08. The molecule has 0 atom stereocenters. The Morgan fingerprint density at radius 3 is 2.62 bits per heavy atom. The molecule has 3 N–H and O–H groups in total. The maximum Gasteiger partial charge on any atom is 0.134 e. The summed E-state index contributed by atoms with van der Waals surface area (Å²) >= 11 is 6.08. The third-order valence-corrected chi connectivity index (χ3v) is 2.96. The number of nitrogens with zero attached hydrogens (tertiary/aromatic N) is 1. The van der Waals surface area contributed by atoms with Gasteiger partial charge in [0.2, 0.25) is 0 Å². The summed E-state index contributed by atoms with van der Waals surface area (Å²) in [5.41, 5.74) is 9.78. The molecular formula is C12H14ClN3. The van der Waals surface area contributed by atoms with Gasteiger partial charge in [-0.2, -0.15) is 0 Å². The van der Waals surface area contributed by atoms with Crippen LogP contribution in [0.1, 0.15) is 17.0 Å². The average Bonchev–Trinajstić information content (AvgIpc) is 2.64. The van der Waals surface area contributed by atoms with Crippen LogP contribution in [0.25, 0.3) is 11.3 Å². The van der Waals surface area contributed by atoms with Crippen molar-refractivity contribution in [2.45, 2.75) is 20.4 Å². The van der Waals surface area contributed by atoms with E-state index >= 15 is 0 Å². The molecular weight excluding hydrogens is 222 g/mol. The summed E-state index contributed by atoms with van der Waals surface area (Å²) in [6, 6.07) is 6.17. The fourth-order valence-electron chi connectivity index (χ4n) is 1.57. The summed E-state index contributed by atoms with van der Waals surface area (Å²) in [7, 11) is 0. The Balaban J connectivity index is 2.49. The summed E-state index contributed by atoms with van der Waals surface area (Å²) < 4.78 is 0. The van der Waals surface area contributed by atoms with Crippen molar-refractivity contribution in [3.05, 3.63) is 40.3 Å². The Kier molecular flexibility index (Phi) is 2.99. The van der Waals surface area contributed by atoms with Gasteiger partial charge in [0.1, 0.15) is 16.7 Å². The second-order valence-electron chi connectivity index (χ2n) is 3.85. The van der Waals surface area contributed by atoms with Gasteiger partial charge in [-0.15, -0.1) is 0 Å². The Labute approximate surface area is 99.7 Å². The Hall–Kier alpha value is -1.32. The molecule has 3 nitrogen and oxygen atoms in total. The molecule has 0 bridgehead atoms. The number of hydrogen-bond donors (Lipinski definition) is 2. The smallest absolute Gasteiger partial charge is 0.134 e. The van der Waals surface area contributed by atoms with Gasteiger partial charge < -0.3 is 10.7 Å². The van der Waals surface area contributed by atoms with Gasteiger partial charge in [0.15, 0.2) is 0 Å². The third kappa shape index (κ3) is 1.96. The molecule has 0 amide bonds. The van der Waals surface area contributed by atoms with E-state index < -0.39 is 0 Å². The first-order chi connectivity index (χ1) is 7.61. The molecule has 0 saturated carbocycles. The standard InChI is InChI=1S/C12H14ClN3/c1-7-3-4-9(5-8(7)2)11-12(13)16-10(6-14)15-11/h3-5H,6,14H2,1-2H3,(H,15,16). The molecule has 0 fully saturated rings. The van der Waals surface area contributed by atoms with Crippen LogP contribution in [-0.4, -0.2) is 9.97 Å². The van der Waals surface area contributed by atoms with Gasteiger partial charge in [0, 0.05) is 5.56 Å². The Bertz CT molecular complexity index is 517. The van der Waals surface area contributed by atoms with Gasteiger partial charge in [-0.1, -0.05) is 23.7 Å². The molecule has 0 aliphatic heterocycles. The van der Waals surface area contributed by atoms with Gasteiger partial charge >= 0.3 is 0 Å². The largest absolute Gasteiger partial charge is 0.331 e. The molecule has 0 aliphatic carbocycles. The molecule has 0 spiro atoms. The van der Waals surface area contributed by atoms with Crippen molar-refractivity contribution in [3.63, 3.8) is 0 Å². The van der Waals surface area contributed by atoms with Gasteiger partial charge in [-0.05, 0) is 31.0 Å². The van der Waals surface area contributed by atoms with E-state index in [2.05, 4.69) is 35.9 Å². The van der Waals surface area contributed by atoms with Crippen LogP contribution in [0.5, 0.6) is 0 Å². The lowest BCUT2D eigenvalue weighted by atomic mass is 10.0. The van der Waals surface area contributed by atoms with E-state index in [9.17, 15) is 0 Å². The number of H-pyrrole nitrogens is 1. The molecule has 1 aromatic carbocycles. The van der Waals surface area contributed by atoms with E-state index in [1.54, 1.807) is 0 Å². The summed E-state index contributed by atoms with van der Waals surface area (Å²) in [5, 5.41) is 0.545. The average molecular weight is 236 g/mol. The lowest BCUT2D eigenvalue weighted by molar-refractivity contribution is 0.951. The molecule has 4 heteroatoms. The highest BCUT2D eigenvalue weighted by molar-refractivity contribution is 6.31. The number of benzene rings is 1. The molecule has 2 rings (SSSR count). The van der Waals surface area contributed by atoms with Crippen LogP contribution >= 0.6 is 11.6 Å².